The predicted octanol–water partition coefficient (Wildman–Crippen LogP) is 5.44. The number of carbonyl (C=O) groups excluding carboxylic acids is 1. The van der Waals surface area contributed by atoms with E-state index in [1.165, 1.54) is 30.3 Å². The quantitative estimate of drug-likeness (QED) is 0.498. The molecule has 0 aliphatic rings. The maximum atomic E-state index is 12.5. The molecule has 0 aliphatic heterocycles. The number of rotatable bonds is 5. The van der Waals surface area contributed by atoms with Crippen molar-refractivity contribution in [1.29, 1.82) is 0 Å². The predicted molar refractivity (Wildman–Crippen MR) is 113 cm³/mol. The molecule has 6 nitrogen and oxygen atoms in total. The highest BCUT2D eigenvalue weighted by molar-refractivity contribution is 7.92. The van der Waals surface area contributed by atoms with Gasteiger partial charge in [0, 0.05) is 27.1 Å². The highest BCUT2D eigenvalue weighted by atomic mass is 35.5. The zero-order valence-electron chi connectivity index (χ0n) is 14.3. The van der Waals surface area contributed by atoms with Crippen molar-refractivity contribution in [3.05, 3.63) is 82.8 Å². The first-order valence-corrected chi connectivity index (χ1v) is 10.3. The average Bonchev–Trinajstić information content (AvgIpc) is 2.63. The average molecular weight is 436 g/mol. The highest BCUT2D eigenvalue weighted by Crippen LogP contribution is 2.24. The van der Waals surface area contributed by atoms with Gasteiger partial charge < -0.3 is 10.6 Å². The summed E-state index contributed by atoms with van der Waals surface area (Å²) in [4.78, 5) is 11.9. The fourth-order valence-corrected chi connectivity index (χ4v) is 4.12. The van der Waals surface area contributed by atoms with E-state index in [-0.39, 0.29) is 14.9 Å². The van der Waals surface area contributed by atoms with Crippen LogP contribution >= 0.6 is 23.2 Å². The van der Waals surface area contributed by atoms with Gasteiger partial charge in [-0.1, -0.05) is 41.4 Å². The van der Waals surface area contributed by atoms with Gasteiger partial charge >= 0.3 is 6.03 Å². The van der Waals surface area contributed by atoms with Gasteiger partial charge in [-0.25, -0.2) is 13.2 Å². The summed E-state index contributed by atoms with van der Waals surface area (Å²) >= 11 is 11.7. The Bertz CT molecular complexity index is 1070. The topological polar surface area (TPSA) is 87.3 Å². The molecule has 0 spiro atoms. The minimum absolute atomic E-state index is 0.0468. The molecule has 3 aromatic rings. The van der Waals surface area contributed by atoms with Crippen LogP contribution in [-0.2, 0) is 10.0 Å². The van der Waals surface area contributed by atoms with Crippen molar-refractivity contribution in [2.45, 2.75) is 4.90 Å². The van der Waals surface area contributed by atoms with E-state index in [2.05, 4.69) is 15.4 Å². The van der Waals surface area contributed by atoms with Gasteiger partial charge in [0.1, 0.15) is 0 Å². The Kier molecular flexibility index (Phi) is 6.08. The number of nitrogens with one attached hydrogen (secondary N) is 3. The van der Waals surface area contributed by atoms with E-state index in [9.17, 15) is 13.2 Å². The van der Waals surface area contributed by atoms with E-state index in [0.717, 1.165) is 0 Å². The van der Waals surface area contributed by atoms with E-state index in [0.29, 0.717) is 17.1 Å². The van der Waals surface area contributed by atoms with Gasteiger partial charge in [-0.05, 0) is 54.6 Å². The molecule has 3 rings (SSSR count). The fourth-order valence-electron chi connectivity index (χ4n) is 2.33. The molecule has 2 amide bonds. The summed E-state index contributed by atoms with van der Waals surface area (Å²) in [5, 5.41) is 5.79. The molecule has 0 atom stereocenters. The van der Waals surface area contributed by atoms with Crippen LogP contribution in [0.25, 0.3) is 0 Å². The molecule has 28 heavy (non-hydrogen) atoms. The summed E-state index contributed by atoms with van der Waals surface area (Å²) < 4.78 is 27.4. The summed E-state index contributed by atoms with van der Waals surface area (Å²) in [7, 11) is -3.85. The van der Waals surface area contributed by atoms with E-state index in [4.69, 9.17) is 23.2 Å². The normalized spacial score (nSPS) is 10.9. The summed E-state index contributed by atoms with van der Waals surface area (Å²) in [5.74, 6) is 0. The van der Waals surface area contributed by atoms with Crippen LogP contribution in [0.15, 0.2) is 77.7 Å². The number of amides is 2. The molecule has 0 aliphatic carbocycles. The molecule has 0 fully saturated rings. The van der Waals surface area contributed by atoms with Gasteiger partial charge in [0.15, 0.2) is 0 Å². The third kappa shape index (κ3) is 5.39. The largest absolute Gasteiger partial charge is 0.323 e. The number of hydrogen-bond acceptors (Lipinski definition) is 3. The first-order valence-electron chi connectivity index (χ1n) is 8.04. The van der Waals surface area contributed by atoms with E-state index in [1.807, 2.05) is 18.2 Å². The molecule has 0 bridgehead atoms. The van der Waals surface area contributed by atoms with Crippen LogP contribution in [0.5, 0.6) is 0 Å². The maximum absolute atomic E-state index is 12.5. The Balaban J connectivity index is 1.66. The van der Waals surface area contributed by atoms with Crippen LogP contribution in [0.1, 0.15) is 0 Å². The Hall–Kier alpha value is -2.74. The number of para-hydroxylation sites is 1. The number of sulfonamides is 1. The van der Waals surface area contributed by atoms with Gasteiger partial charge in [0.05, 0.1) is 4.90 Å². The second-order valence-electron chi connectivity index (χ2n) is 5.73. The molecule has 0 saturated heterocycles. The van der Waals surface area contributed by atoms with Crippen LogP contribution in [0.2, 0.25) is 10.0 Å². The van der Waals surface area contributed by atoms with E-state index >= 15 is 0 Å². The second kappa shape index (κ2) is 8.52. The zero-order chi connectivity index (χ0) is 20.1. The van der Waals surface area contributed by atoms with Crippen LogP contribution in [0.3, 0.4) is 0 Å². The lowest BCUT2D eigenvalue weighted by Crippen LogP contribution is -2.19. The van der Waals surface area contributed by atoms with Crippen molar-refractivity contribution in [3.8, 4) is 0 Å². The second-order valence-corrected chi connectivity index (χ2v) is 8.29. The molecule has 144 valence electrons. The van der Waals surface area contributed by atoms with Crippen molar-refractivity contribution in [2.75, 3.05) is 15.4 Å². The van der Waals surface area contributed by atoms with Crippen molar-refractivity contribution >= 4 is 56.3 Å². The van der Waals surface area contributed by atoms with Gasteiger partial charge in [0.25, 0.3) is 10.0 Å². The van der Waals surface area contributed by atoms with Gasteiger partial charge in [-0.2, -0.15) is 0 Å². The van der Waals surface area contributed by atoms with Crippen molar-refractivity contribution in [1.82, 2.24) is 0 Å². The first-order chi connectivity index (χ1) is 13.3. The Morgan fingerprint density at radius 3 is 1.79 bits per heavy atom. The number of halogens is 2. The van der Waals surface area contributed by atoms with Crippen LogP contribution < -0.4 is 15.4 Å². The lowest BCUT2D eigenvalue weighted by molar-refractivity contribution is 0.262. The third-order valence-electron chi connectivity index (χ3n) is 3.57. The number of urea groups is 1. The molecule has 0 saturated carbocycles. The monoisotopic (exact) mass is 435 g/mol. The van der Waals surface area contributed by atoms with Gasteiger partial charge in [-0.15, -0.1) is 0 Å². The maximum Gasteiger partial charge on any atom is 0.323 e. The summed E-state index contributed by atoms with van der Waals surface area (Å²) in [6.07, 6.45) is 0. The fraction of sp³-hybridized carbons (Fsp3) is 0. The van der Waals surface area contributed by atoms with Crippen molar-refractivity contribution in [2.24, 2.45) is 0 Å². The molecule has 3 aromatic carbocycles. The number of benzene rings is 3. The SMILES string of the molecule is O=C(Nc1ccccc1)Nc1ccc(NS(=O)(=O)c2cc(Cl)cc(Cl)c2)cc1. The Morgan fingerprint density at radius 2 is 1.21 bits per heavy atom. The van der Waals surface area contributed by atoms with Crippen molar-refractivity contribution in [3.63, 3.8) is 0 Å². The number of hydrogen-bond donors (Lipinski definition) is 3. The molecule has 0 aromatic heterocycles. The molecular formula is C19H15Cl2N3O3S. The summed E-state index contributed by atoms with van der Waals surface area (Å²) in [6.45, 7) is 0. The number of anilines is 3. The molecule has 0 radical (unpaired) electrons. The molecule has 9 heteroatoms. The smallest absolute Gasteiger partial charge is 0.308 e. The minimum atomic E-state index is -3.85. The summed E-state index contributed by atoms with van der Waals surface area (Å²) in [5.41, 5.74) is 1.48. The van der Waals surface area contributed by atoms with Gasteiger partial charge in [-0.3, -0.25) is 4.72 Å². The van der Waals surface area contributed by atoms with E-state index in [1.54, 1.807) is 24.3 Å². The lowest BCUT2D eigenvalue weighted by atomic mass is 10.3. The number of carbonyl (C=O) groups is 1. The molecular weight excluding hydrogens is 421 g/mol. The molecule has 3 N–H and O–H groups in total. The standard InChI is InChI=1S/C19H15Cl2N3O3S/c20-13-10-14(21)12-18(11-13)28(26,27)24-17-8-6-16(7-9-17)23-19(25)22-15-4-2-1-3-5-15/h1-12,24H,(H2,22,23,25). The Labute approximate surface area is 172 Å². The summed E-state index contributed by atoms with van der Waals surface area (Å²) in [6, 6.07) is 18.9. The van der Waals surface area contributed by atoms with E-state index < -0.39 is 16.1 Å². The van der Waals surface area contributed by atoms with Crippen LogP contribution in [-0.4, -0.2) is 14.4 Å². The van der Waals surface area contributed by atoms with Gasteiger partial charge in [0.2, 0.25) is 0 Å². The van der Waals surface area contributed by atoms with Crippen LogP contribution in [0.4, 0.5) is 21.9 Å². The molecule has 0 heterocycles. The lowest BCUT2D eigenvalue weighted by Gasteiger charge is -2.11. The van der Waals surface area contributed by atoms with Crippen molar-refractivity contribution < 1.29 is 13.2 Å². The first kappa shape index (κ1) is 20.0. The molecule has 0 unspecified atom stereocenters. The third-order valence-corrected chi connectivity index (χ3v) is 5.37. The zero-order valence-corrected chi connectivity index (χ0v) is 16.6. The minimum Gasteiger partial charge on any atom is -0.308 e. The van der Waals surface area contributed by atoms with Crippen LogP contribution in [0, 0.1) is 0 Å². The highest BCUT2D eigenvalue weighted by Gasteiger charge is 2.16. The Morgan fingerprint density at radius 1 is 0.714 bits per heavy atom.